The zero-order valence-electron chi connectivity index (χ0n) is 14.6. The molecule has 0 atom stereocenters. The molecule has 0 radical (unpaired) electrons. The maximum absolute atomic E-state index is 12.4. The van der Waals surface area contributed by atoms with Crippen molar-refractivity contribution in [3.8, 4) is 0 Å². The maximum atomic E-state index is 12.4. The van der Waals surface area contributed by atoms with E-state index in [1.807, 2.05) is 0 Å². The predicted molar refractivity (Wildman–Crippen MR) is 102 cm³/mol. The summed E-state index contributed by atoms with van der Waals surface area (Å²) in [4.78, 5) is 37.5. The largest absolute Gasteiger partial charge is 0.462 e. The number of furan rings is 1. The number of nitrogens with one attached hydrogen (secondary N) is 1. The molecule has 1 aliphatic rings. The number of carbonyl (C=O) groups is 3. The van der Waals surface area contributed by atoms with E-state index in [9.17, 15) is 14.4 Å². The Labute approximate surface area is 168 Å². The zero-order valence-corrected chi connectivity index (χ0v) is 17.0. The highest BCUT2D eigenvalue weighted by molar-refractivity contribution is 9.10. The third-order valence-electron chi connectivity index (χ3n) is 4.01. The highest BCUT2D eigenvalue weighted by atomic mass is 79.9. The van der Waals surface area contributed by atoms with Crippen LogP contribution >= 0.6 is 27.3 Å². The van der Waals surface area contributed by atoms with Crippen molar-refractivity contribution in [2.24, 2.45) is 0 Å². The summed E-state index contributed by atoms with van der Waals surface area (Å²) in [6, 6.07) is 2.99. The van der Waals surface area contributed by atoms with Crippen LogP contribution in [0.4, 0.5) is 5.00 Å². The molecular weight excluding hydrogens is 438 g/mol. The molecule has 0 saturated carbocycles. The monoisotopic (exact) mass is 455 g/mol. The smallest absolute Gasteiger partial charge is 0.374 e. The van der Waals surface area contributed by atoms with Gasteiger partial charge in [-0.25, -0.2) is 9.59 Å². The first-order valence-electron chi connectivity index (χ1n) is 8.53. The van der Waals surface area contributed by atoms with Crippen LogP contribution in [-0.4, -0.2) is 31.1 Å². The molecule has 2 aromatic rings. The lowest BCUT2D eigenvalue weighted by Crippen LogP contribution is -2.21. The van der Waals surface area contributed by atoms with Crippen LogP contribution in [0.2, 0.25) is 0 Å². The molecule has 144 valence electrons. The number of hydrogen-bond donors (Lipinski definition) is 1. The fraction of sp³-hybridized carbons (Fsp3) is 0.389. The van der Waals surface area contributed by atoms with Crippen molar-refractivity contribution in [1.82, 2.24) is 0 Å². The first-order valence-corrected chi connectivity index (χ1v) is 10.1. The molecule has 3 rings (SSSR count). The first-order chi connectivity index (χ1) is 13.0. The van der Waals surface area contributed by atoms with Gasteiger partial charge >= 0.3 is 11.9 Å². The van der Waals surface area contributed by atoms with Crippen molar-refractivity contribution < 1.29 is 28.3 Å². The normalized spacial score (nSPS) is 13.0. The van der Waals surface area contributed by atoms with E-state index in [0.29, 0.717) is 15.2 Å². The Morgan fingerprint density at radius 2 is 1.96 bits per heavy atom. The van der Waals surface area contributed by atoms with Gasteiger partial charge in [-0.2, -0.15) is 0 Å². The summed E-state index contributed by atoms with van der Waals surface area (Å²) >= 11 is 4.47. The summed E-state index contributed by atoms with van der Waals surface area (Å²) in [6.07, 6.45) is 3.72. The van der Waals surface area contributed by atoms with Crippen molar-refractivity contribution in [3.05, 3.63) is 38.6 Å². The fourth-order valence-electron chi connectivity index (χ4n) is 2.86. The summed E-state index contributed by atoms with van der Waals surface area (Å²) in [6.45, 7) is 1.51. The zero-order chi connectivity index (χ0) is 19.4. The van der Waals surface area contributed by atoms with Gasteiger partial charge in [0, 0.05) is 4.88 Å². The van der Waals surface area contributed by atoms with E-state index in [1.54, 1.807) is 13.0 Å². The van der Waals surface area contributed by atoms with Crippen molar-refractivity contribution >= 4 is 50.1 Å². The van der Waals surface area contributed by atoms with Crippen molar-refractivity contribution in [3.63, 3.8) is 0 Å². The van der Waals surface area contributed by atoms with Crippen molar-refractivity contribution in [2.75, 3.05) is 18.5 Å². The molecule has 2 aromatic heterocycles. The standard InChI is InChI=1S/C18H18BrNO6S/c1-2-24-18(23)15-10-5-3-4-6-12(10)27-16(15)20-14(21)9-25-17(22)11-7-8-13(19)26-11/h7-8H,2-6,9H2,1H3,(H,20,21). The third-order valence-corrected chi connectivity index (χ3v) is 5.65. The SMILES string of the molecule is CCOC(=O)c1c(NC(=O)COC(=O)c2ccc(Br)o2)sc2c1CCCC2. The molecule has 0 spiro atoms. The van der Waals surface area contributed by atoms with Crippen molar-refractivity contribution in [2.45, 2.75) is 32.6 Å². The number of thiophene rings is 1. The predicted octanol–water partition coefficient (Wildman–Crippen LogP) is 3.95. The molecule has 27 heavy (non-hydrogen) atoms. The molecule has 1 aliphatic carbocycles. The average molecular weight is 456 g/mol. The van der Waals surface area contributed by atoms with Crippen LogP contribution in [0.3, 0.4) is 0 Å². The Balaban J connectivity index is 1.69. The number of rotatable bonds is 6. The average Bonchev–Trinajstić information content (AvgIpc) is 3.23. The van der Waals surface area contributed by atoms with Gasteiger partial charge in [0.25, 0.3) is 5.91 Å². The summed E-state index contributed by atoms with van der Waals surface area (Å²) in [5, 5.41) is 3.13. The molecule has 0 saturated heterocycles. The number of carbonyl (C=O) groups excluding carboxylic acids is 3. The van der Waals surface area contributed by atoms with E-state index in [2.05, 4.69) is 21.2 Å². The molecular formula is C18H18BrNO6S. The maximum Gasteiger partial charge on any atom is 0.374 e. The molecule has 1 amide bonds. The number of amides is 1. The van der Waals surface area contributed by atoms with Gasteiger partial charge in [0.1, 0.15) is 5.00 Å². The van der Waals surface area contributed by atoms with Gasteiger partial charge in [-0.3, -0.25) is 4.79 Å². The van der Waals surface area contributed by atoms with E-state index >= 15 is 0 Å². The van der Waals surface area contributed by atoms with Crippen LogP contribution in [0.5, 0.6) is 0 Å². The number of ether oxygens (including phenoxy) is 2. The topological polar surface area (TPSA) is 94.8 Å². The minimum Gasteiger partial charge on any atom is -0.462 e. The van der Waals surface area contributed by atoms with Gasteiger partial charge < -0.3 is 19.2 Å². The summed E-state index contributed by atoms with van der Waals surface area (Å²) in [5.41, 5.74) is 1.38. The van der Waals surface area contributed by atoms with Crippen LogP contribution < -0.4 is 5.32 Å². The van der Waals surface area contributed by atoms with Gasteiger partial charge in [0.15, 0.2) is 11.3 Å². The first kappa shape index (κ1) is 19.6. The Kier molecular flexibility index (Phi) is 6.33. The lowest BCUT2D eigenvalue weighted by molar-refractivity contribution is -0.119. The molecule has 0 fully saturated rings. The summed E-state index contributed by atoms with van der Waals surface area (Å²) in [5.74, 6) is -1.72. The minimum atomic E-state index is -0.744. The lowest BCUT2D eigenvalue weighted by Gasteiger charge is -2.12. The van der Waals surface area contributed by atoms with Gasteiger partial charge in [0.05, 0.1) is 12.2 Å². The van der Waals surface area contributed by atoms with Gasteiger partial charge in [-0.05, 0) is 66.2 Å². The highest BCUT2D eigenvalue weighted by Gasteiger charge is 2.27. The van der Waals surface area contributed by atoms with Gasteiger partial charge in [-0.15, -0.1) is 11.3 Å². The second-order valence-electron chi connectivity index (χ2n) is 5.86. The number of fused-ring (bicyclic) bond motifs is 1. The Morgan fingerprint density at radius 1 is 1.19 bits per heavy atom. The molecule has 0 unspecified atom stereocenters. The van der Waals surface area contributed by atoms with Crippen LogP contribution in [0, 0.1) is 0 Å². The number of anilines is 1. The number of esters is 2. The third kappa shape index (κ3) is 4.59. The molecule has 2 heterocycles. The number of hydrogen-bond acceptors (Lipinski definition) is 7. The summed E-state index contributed by atoms with van der Waals surface area (Å²) < 4.78 is 15.6. The van der Waals surface area contributed by atoms with Gasteiger partial charge in [-0.1, -0.05) is 0 Å². The quantitative estimate of drug-likeness (QED) is 0.662. The van der Waals surface area contributed by atoms with E-state index in [1.165, 1.54) is 17.4 Å². The second-order valence-corrected chi connectivity index (χ2v) is 7.75. The molecule has 0 aliphatic heterocycles. The summed E-state index contributed by atoms with van der Waals surface area (Å²) in [7, 11) is 0. The van der Waals surface area contributed by atoms with Crippen LogP contribution in [0.25, 0.3) is 0 Å². The molecule has 0 bridgehead atoms. The number of halogens is 1. The molecule has 7 nitrogen and oxygen atoms in total. The van der Waals surface area contributed by atoms with E-state index in [4.69, 9.17) is 13.9 Å². The molecule has 0 aromatic carbocycles. The van der Waals surface area contributed by atoms with E-state index in [0.717, 1.165) is 36.1 Å². The van der Waals surface area contributed by atoms with Crippen LogP contribution in [0.1, 0.15) is 51.1 Å². The van der Waals surface area contributed by atoms with E-state index in [-0.39, 0.29) is 12.4 Å². The molecule has 1 N–H and O–H groups in total. The Morgan fingerprint density at radius 3 is 2.67 bits per heavy atom. The van der Waals surface area contributed by atoms with Crippen molar-refractivity contribution in [1.29, 1.82) is 0 Å². The molecule has 9 heteroatoms. The fourth-order valence-corrected chi connectivity index (χ4v) is 4.46. The Hall–Kier alpha value is -2.13. The van der Waals surface area contributed by atoms with Crippen LogP contribution in [-0.2, 0) is 27.1 Å². The Bertz CT molecular complexity index is 871. The minimum absolute atomic E-state index is 0.00604. The van der Waals surface area contributed by atoms with E-state index < -0.39 is 24.5 Å². The lowest BCUT2D eigenvalue weighted by atomic mass is 9.95. The van der Waals surface area contributed by atoms with Crippen LogP contribution in [0.15, 0.2) is 21.2 Å². The van der Waals surface area contributed by atoms with Gasteiger partial charge in [0.2, 0.25) is 5.76 Å². The second kappa shape index (κ2) is 8.71. The highest BCUT2D eigenvalue weighted by Crippen LogP contribution is 2.38. The number of aryl methyl sites for hydroxylation is 1.